The molecule has 14 heavy (non-hydrogen) atoms. The first-order chi connectivity index (χ1) is 6.90. The van der Waals surface area contributed by atoms with Gasteiger partial charge in [-0.2, -0.15) is 0 Å². The number of hydrogen-bond donors (Lipinski definition) is 2. The number of H-pyrrole nitrogens is 1. The predicted octanol–water partition coefficient (Wildman–Crippen LogP) is 1.83. The molecule has 0 radical (unpaired) electrons. The van der Waals surface area contributed by atoms with Gasteiger partial charge in [-0.25, -0.2) is 4.98 Å². The van der Waals surface area contributed by atoms with Crippen molar-refractivity contribution >= 4 is 0 Å². The summed E-state index contributed by atoms with van der Waals surface area (Å²) in [6.07, 6.45) is 8.33. The molecule has 0 aliphatic heterocycles. The molecule has 78 valence electrons. The van der Waals surface area contributed by atoms with Crippen molar-refractivity contribution in [3.8, 4) is 0 Å². The van der Waals surface area contributed by atoms with E-state index in [1.54, 1.807) is 0 Å². The molecule has 2 N–H and O–H groups in total. The van der Waals surface area contributed by atoms with Crippen LogP contribution in [0.25, 0.3) is 0 Å². The second-order valence-corrected chi connectivity index (χ2v) is 4.12. The Morgan fingerprint density at radius 1 is 1.57 bits per heavy atom. The van der Waals surface area contributed by atoms with Crippen LogP contribution >= 0.6 is 0 Å². The van der Waals surface area contributed by atoms with Gasteiger partial charge in [-0.3, -0.25) is 0 Å². The molecule has 3 heteroatoms. The van der Waals surface area contributed by atoms with Crippen molar-refractivity contribution in [2.24, 2.45) is 0 Å². The molecule has 0 amide bonds. The summed E-state index contributed by atoms with van der Waals surface area (Å²) in [5.41, 5.74) is 1.36. The summed E-state index contributed by atoms with van der Waals surface area (Å²) in [7, 11) is 1.99. The van der Waals surface area contributed by atoms with Gasteiger partial charge in [-0.1, -0.05) is 6.42 Å². The highest BCUT2D eigenvalue weighted by Crippen LogP contribution is 2.35. The minimum absolute atomic E-state index is 0.778. The van der Waals surface area contributed by atoms with Gasteiger partial charge >= 0.3 is 0 Å². The third kappa shape index (κ3) is 2.15. The van der Waals surface area contributed by atoms with Gasteiger partial charge in [-0.05, 0) is 32.9 Å². The molecule has 1 fully saturated rings. The fourth-order valence-electron chi connectivity index (χ4n) is 1.87. The summed E-state index contributed by atoms with van der Waals surface area (Å²) < 4.78 is 0. The van der Waals surface area contributed by atoms with E-state index in [-0.39, 0.29) is 0 Å². The highest BCUT2D eigenvalue weighted by atomic mass is 14.9. The maximum absolute atomic E-state index is 4.41. The van der Waals surface area contributed by atoms with E-state index in [1.165, 1.54) is 25.0 Å². The fourth-order valence-corrected chi connectivity index (χ4v) is 1.87. The maximum atomic E-state index is 4.41. The van der Waals surface area contributed by atoms with Crippen LogP contribution < -0.4 is 5.32 Å². The Labute approximate surface area is 85.3 Å². The van der Waals surface area contributed by atoms with Crippen LogP contribution in [0.5, 0.6) is 0 Å². The normalized spacial score (nSPS) is 16.9. The van der Waals surface area contributed by atoms with Crippen LogP contribution in [-0.2, 0) is 6.42 Å². The molecule has 1 aromatic heterocycles. The lowest BCUT2D eigenvalue weighted by Crippen LogP contribution is -2.10. The monoisotopic (exact) mass is 193 g/mol. The van der Waals surface area contributed by atoms with Crippen molar-refractivity contribution in [2.45, 2.75) is 38.0 Å². The van der Waals surface area contributed by atoms with Crippen LogP contribution in [0.1, 0.15) is 43.1 Å². The summed E-state index contributed by atoms with van der Waals surface area (Å²) in [5.74, 6) is 1.93. The maximum Gasteiger partial charge on any atom is 0.106 e. The lowest BCUT2D eigenvalue weighted by atomic mass is 9.83. The highest BCUT2D eigenvalue weighted by Gasteiger charge is 2.20. The molecule has 1 aromatic rings. The minimum Gasteiger partial charge on any atom is -0.346 e. The van der Waals surface area contributed by atoms with E-state index in [0.29, 0.717) is 0 Å². The van der Waals surface area contributed by atoms with Crippen molar-refractivity contribution in [3.05, 3.63) is 17.7 Å². The molecule has 0 unspecified atom stereocenters. The van der Waals surface area contributed by atoms with Gasteiger partial charge < -0.3 is 10.3 Å². The summed E-state index contributed by atoms with van der Waals surface area (Å²) in [6, 6.07) is 0. The third-order valence-electron chi connectivity index (χ3n) is 3.03. The van der Waals surface area contributed by atoms with Gasteiger partial charge in [0.25, 0.3) is 0 Å². The summed E-state index contributed by atoms with van der Waals surface area (Å²) in [5, 5.41) is 3.15. The summed E-state index contributed by atoms with van der Waals surface area (Å²) >= 11 is 0. The summed E-state index contributed by atoms with van der Waals surface area (Å²) in [4.78, 5) is 7.84. The van der Waals surface area contributed by atoms with Crippen molar-refractivity contribution < 1.29 is 0 Å². The van der Waals surface area contributed by atoms with Gasteiger partial charge in [0.15, 0.2) is 0 Å². The Morgan fingerprint density at radius 2 is 2.43 bits per heavy atom. The van der Waals surface area contributed by atoms with Crippen LogP contribution in [0.3, 0.4) is 0 Å². The lowest BCUT2D eigenvalue weighted by molar-refractivity contribution is 0.412. The average molecular weight is 193 g/mol. The van der Waals surface area contributed by atoms with E-state index < -0.39 is 0 Å². The first-order valence-corrected chi connectivity index (χ1v) is 5.58. The van der Waals surface area contributed by atoms with Gasteiger partial charge in [-0.15, -0.1) is 0 Å². The standard InChI is InChI=1S/C11H19N3/c1-12-7-3-6-11-13-8-10(14-11)9-4-2-5-9/h8-9,12H,2-7H2,1H3,(H,13,14). The highest BCUT2D eigenvalue weighted by molar-refractivity contribution is 5.10. The number of nitrogens with one attached hydrogen (secondary N) is 2. The van der Waals surface area contributed by atoms with E-state index in [2.05, 4.69) is 15.3 Å². The van der Waals surface area contributed by atoms with Crippen LogP contribution in [0.2, 0.25) is 0 Å². The Bertz CT molecular complexity index is 276. The number of aromatic amines is 1. The van der Waals surface area contributed by atoms with E-state index in [0.717, 1.165) is 31.1 Å². The number of hydrogen-bond acceptors (Lipinski definition) is 2. The minimum atomic E-state index is 0.778. The van der Waals surface area contributed by atoms with Crippen molar-refractivity contribution in [1.29, 1.82) is 0 Å². The van der Waals surface area contributed by atoms with Crippen molar-refractivity contribution in [2.75, 3.05) is 13.6 Å². The molecule has 0 atom stereocenters. The molecular formula is C11H19N3. The Morgan fingerprint density at radius 3 is 3.07 bits per heavy atom. The molecule has 0 aromatic carbocycles. The topological polar surface area (TPSA) is 40.7 Å². The van der Waals surface area contributed by atoms with Gasteiger partial charge in [0.2, 0.25) is 0 Å². The number of aryl methyl sites for hydroxylation is 1. The van der Waals surface area contributed by atoms with Crippen molar-refractivity contribution in [1.82, 2.24) is 15.3 Å². The largest absolute Gasteiger partial charge is 0.346 e. The zero-order valence-electron chi connectivity index (χ0n) is 8.84. The fraction of sp³-hybridized carbons (Fsp3) is 0.727. The number of imidazole rings is 1. The molecule has 0 bridgehead atoms. The number of rotatable bonds is 5. The van der Waals surface area contributed by atoms with Crippen LogP contribution in [0.4, 0.5) is 0 Å². The molecule has 1 aliphatic carbocycles. The van der Waals surface area contributed by atoms with E-state index >= 15 is 0 Å². The molecule has 3 nitrogen and oxygen atoms in total. The number of aromatic nitrogens is 2. The molecule has 0 saturated heterocycles. The molecule has 2 rings (SSSR count). The lowest BCUT2D eigenvalue weighted by Gasteiger charge is -2.23. The van der Waals surface area contributed by atoms with Crippen LogP contribution in [0.15, 0.2) is 6.20 Å². The first kappa shape index (κ1) is 9.71. The third-order valence-corrected chi connectivity index (χ3v) is 3.03. The van der Waals surface area contributed by atoms with Crippen molar-refractivity contribution in [3.63, 3.8) is 0 Å². The Hall–Kier alpha value is -0.830. The smallest absolute Gasteiger partial charge is 0.106 e. The SMILES string of the molecule is CNCCCc1ncc(C2CCC2)[nH]1. The second kappa shape index (κ2) is 4.60. The molecule has 1 heterocycles. The summed E-state index contributed by atoms with van der Waals surface area (Å²) in [6.45, 7) is 1.07. The first-order valence-electron chi connectivity index (χ1n) is 5.58. The zero-order chi connectivity index (χ0) is 9.80. The van der Waals surface area contributed by atoms with Crippen LogP contribution in [0, 0.1) is 0 Å². The molecular weight excluding hydrogens is 174 g/mol. The molecule has 1 saturated carbocycles. The van der Waals surface area contributed by atoms with Gasteiger partial charge in [0.1, 0.15) is 5.82 Å². The quantitative estimate of drug-likeness (QED) is 0.700. The molecule has 0 spiro atoms. The van der Waals surface area contributed by atoms with E-state index in [4.69, 9.17) is 0 Å². The van der Waals surface area contributed by atoms with E-state index in [9.17, 15) is 0 Å². The van der Waals surface area contributed by atoms with Crippen LogP contribution in [-0.4, -0.2) is 23.6 Å². The number of nitrogens with zero attached hydrogens (tertiary/aromatic N) is 1. The van der Waals surface area contributed by atoms with E-state index in [1.807, 2.05) is 13.2 Å². The van der Waals surface area contributed by atoms with Gasteiger partial charge in [0, 0.05) is 24.2 Å². The average Bonchev–Trinajstić information content (AvgIpc) is 2.51. The second-order valence-electron chi connectivity index (χ2n) is 4.12. The Kier molecular flexibility index (Phi) is 3.19. The molecule has 1 aliphatic rings. The van der Waals surface area contributed by atoms with Gasteiger partial charge in [0.05, 0.1) is 0 Å². The zero-order valence-corrected chi connectivity index (χ0v) is 8.84. The Balaban J connectivity index is 1.83. The predicted molar refractivity (Wildman–Crippen MR) is 57.4 cm³/mol.